The standard InChI is InChI=1S/8ClH.2Na.2Pd/h8*1H;;;;/q;;;;;;;;2*+1;2*+3/p-8. The molecule has 0 aliphatic rings. The second kappa shape index (κ2) is 13.1. The van der Waals surface area contributed by atoms with Crippen LogP contribution in [-0.2, 0) is 22.9 Å². The summed E-state index contributed by atoms with van der Waals surface area (Å²) in [5, 5.41) is 0. The van der Waals surface area contributed by atoms with Crippen molar-refractivity contribution in [3.63, 3.8) is 0 Å². The number of rotatable bonds is 0. The van der Waals surface area contributed by atoms with Crippen molar-refractivity contribution in [2.45, 2.75) is 0 Å². The smallest absolute Gasteiger partial charge is 1.00 e. The van der Waals surface area contributed by atoms with Gasteiger partial charge < -0.3 is 0 Å². The predicted octanol–water partition coefficient (Wildman–Crippen LogP) is -0.481. The Labute approximate surface area is 154 Å². The third-order valence-corrected chi connectivity index (χ3v) is 0. The molecule has 0 aliphatic heterocycles. The van der Waals surface area contributed by atoms with E-state index in [0.717, 1.165) is 0 Å². The molecule has 0 heterocycles. The van der Waals surface area contributed by atoms with E-state index in [1.165, 1.54) is 0 Å². The van der Waals surface area contributed by atoms with E-state index in [2.05, 4.69) is 0 Å². The van der Waals surface area contributed by atoms with Crippen LogP contribution in [0.2, 0.25) is 0 Å². The molecule has 78 valence electrons. The maximum atomic E-state index is 4.98. The fraction of sp³-hybridized carbons (Fsp3) is 0. The average Bonchev–Trinajstić information content (AvgIpc) is 1.12. The van der Waals surface area contributed by atoms with Gasteiger partial charge in [-0.3, -0.25) is 0 Å². The number of hydrogen-bond acceptors (Lipinski definition) is 0. The first-order valence-corrected chi connectivity index (χ1v) is 17.0. The van der Waals surface area contributed by atoms with E-state index >= 15 is 0 Å². The molecule has 0 aromatic heterocycles. The molecule has 0 bridgehead atoms. The van der Waals surface area contributed by atoms with Crippen LogP contribution in [0.1, 0.15) is 0 Å². The molecule has 0 saturated carbocycles. The molecule has 0 amide bonds. The van der Waals surface area contributed by atoms with E-state index in [0.29, 0.717) is 0 Å². The van der Waals surface area contributed by atoms with E-state index in [4.69, 9.17) is 76.2 Å². The van der Waals surface area contributed by atoms with Crippen molar-refractivity contribution in [2.24, 2.45) is 0 Å². The van der Waals surface area contributed by atoms with Crippen LogP contribution in [0, 0.1) is 0 Å². The summed E-state index contributed by atoms with van der Waals surface area (Å²) in [6.45, 7) is 0. The zero-order valence-electron chi connectivity index (χ0n) is 5.66. The Balaban J connectivity index is -0.0000000457. The summed E-state index contributed by atoms with van der Waals surface area (Å²) in [6, 6.07) is 0. The van der Waals surface area contributed by atoms with Gasteiger partial charge in [-0.2, -0.15) is 0 Å². The molecule has 0 N–H and O–H groups in total. The normalized spacial score (nSPS) is 12.7. The summed E-state index contributed by atoms with van der Waals surface area (Å²) < 4.78 is 0. The Hall–Kier alpha value is 5.64. The van der Waals surface area contributed by atoms with Gasteiger partial charge in [-0.15, -0.1) is 0 Å². The molecule has 0 fully saturated rings. The average molecular weight is 542 g/mol. The summed E-state index contributed by atoms with van der Waals surface area (Å²) in [4.78, 5) is 0. The Morgan fingerprint density at radius 1 is 0.417 bits per heavy atom. The summed E-state index contributed by atoms with van der Waals surface area (Å²) in [5.74, 6) is 0. The molecule has 0 aromatic carbocycles. The zero-order chi connectivity index (χ0) is 9.00. The molecule has 0 atom stereocenters. The minimum Gasteiger partial charge on any atom is 1.00 e. The molecule has 0 spiro atoms. The number of hydrogen-bond donors (Lipinski definition) is 0. The quantitative estimate of drug-likeness (QED) is 0.363. The Bertz CT molecular complexity index is 58.0. The largest absolute Gasteiger partial charge is 1.00 e. The molecule has 0 aromatic rings. The molecule has 0 aliphatic carbocycles. The topological polar surface area (TPSA) is 0 Å². The molecular formula is Cl8Na2Pd2. The van der Waals surface area contributed by atoms with Crippen molar-refractivity contribution in [1.29, 1.82) is 0 Å². The maximum absolute atomic E-state index is 4.98. The van der Waals surface area contributed by atoms with Gasteiger partial charge in [0.15, 0.2) is 0 Å². The summed E-state index contributed by atoms with van der Waals surface area (Å²) in [7, 11) is 39.8. The molecule has 0 unspecified atom stereocenters. The summed E-state index contributed by atoms with van der Waals surface area (Å²) in [5.41, 5.74) is 0. The Morgan fingerprint density at radius 2 is 0.417 bits per heavy atom. The molecule has 0 nitrogen and oxygen atoms in total. The van der Waals surface area contributed by atoms with E-state index in [1.54, 1.807) is 0 Å². The van der Waals surface area contributed by atoms with Crippen LogP contribution in [0.25, 0.3) is 0 Å². The van der Waals surface area contributed by atoms with Crippen LogP contribution in [0.15, 0.2) is 0 Å². The van der Waals surface area contributed by atoms with Crippen molar-refractivity contribution in [3.05, 3.63) is 0 Å². The summed E-state index contributed by atoms with van der Waals surface area (Å²) >= 11 is -5.62. The predicted molar refractivity (Wildman–Crippen MR) is 46.8 cm³/mol. The molecule has 0 rings (SSSR count). The van der Waals surface area contributed by atoms with Gasteiger partial charge in [-0.05, 0) is 0 Å². The molecule has 12 heteroatoms. The molecule has 0 saturated heterocycles. The van der Waals surface area contributed by atoms with Crippen molar-refractivity contribution in [2.75, 3.05) is 0 Å². The minimum absolute atomic E-state index is 0. The Morgan fingerprint density at radius 3 is 0.417 bits per heavy atom. The van der Waals surface area contributed by atoms with Gasteiger partial charge in [0, 0.05) is 0 Å². The molecular weight excluding hydrogens is 542 g/mol. The number of halogens is 8. The SMILES string of the molecule is [Cl][Pd-]([Cl])([Cl])[Cl].[Cl][Pd-]([Cl])([Cl])[Cl].[Na+].[Na+]. The van der Waals surface area contributed by atoms with Gasteiger partial charge in [-0.1, -0.05) is 0 Å². The first-order chi connectivity index (χ1) is 4.00. The van der Waals surface area contributed by atoms with Gasteiger partial charge in [0.2, 0.25) is 0 Å². The van der Waals surface area contributed by atoms with E-state index in [9.17, 15) is 0 Å². The van der Waals surface area contributed by atoms with Gasteiger partial charge in [-0.25, -0.2) is 0 Å². The fourth-order valence-electron chi connectivity index (χ4n) is 0. The first-order valence-electron chi connectivity index (χ1n) is 0.956. The van der Waals surface area contributed by atoms with Crippen LogP contribution in [0.3, 0.4) is 0 Å². The van der Waals surface area contributed by atoms with Gasteiger partial charge in [0.1, 0.15) is 0 Å². The van der Waals surface area contributed by atoms with Crippen molar-refractivity contribution >= 4 is 76.2 Å². The van der Waals surface area contributed by atoms with E-state index in [-0.39, 0.29) is 59.1 Å². The van der Waals surface area contributed by atoms with Crippen LogP contribution in [-0.4, -0.2) is 0 Å². The first kappa shape index (κ1) is 26.3. The fourth-order valence-corrected chi connectivity index (χ4v) is 0. The van der Waals surface area contributed by atoms with Gasteiger partial charge >= 0.3 is 158 Å². The third kappa shape index (κ3) is 105. The van der Waals surface area contributed by atoms with Crippen LogP contribution < -0.4 is 59.1 Å². The van der Waals surface area contributed by atoms with Crippen molar-refractivity contribution in [1.82, 2.24) is 0 Å². The van der Waals surface area contributed by atoms with E-state index < -0.39 is 22.9 Å². The van der Waals surface area contributed by atoms with Crippen molar-refractivity contribution < 1.29 is 82.0 Å². The van der Waals surface area contributed by atoms with Crippen LogP contribution in [0.5, 0.6) is 0 Å². The van der Waals surface area contributed by atoms with Gasteiger partial charge in [0.05, 0.1) is 0 Å². The second-order valence-corrected chi connectivity index (χ2v) is 28.9. The monoisotopic (exact) mass is 538 g/mol. The Kier molecular flexibility index (Phi) is 28.6. The van der Waals surface area contributed by atoms with Crippen LogP contribution in [0.4, 0.5) is 0 Å². The maximum Gasteiger partial charge on any atom is 1.00 e. The molecule has 12 heavy (non-hydrogen) atoms. The summed E-state index contributed by atoms with van der Waals surface area (Å²) in [6.07, 6.45) is 0. The van der Waals surface area contributed by atoms with Crippen LogP contribution >= 0.6 is 76.2 Å². The zero-order valence-corrected chi connectivity index (χ0v) is 18.8. The van der Waals surface area contributed by atoms with Gasteiger partial charge in [0.25, 0.3) is 0 Å². The third-order valence-electron chi connectivity index (χ3n) is 0. The van der Waals surface area contributed by atoms with E-state index in [1.807, 2.05) is 0 Å². The second-order valence-electron chi connectivity index (χ2n) is 0.542. The van der Waals surface area contributed by atoms with Crippen molar-refractivity contribution in [3.8, 4) is 0 Å². The minimum atomic E-state index is -2.81. The molecule has 0 radical (unpaired) electrons.